The first-order valence-electron chi connectivity index (χ1n) is 10.1. The molecule has 0 bridgehead atoms. The highest BCUT2D eigenvalue weighted by molar-refractivity contribution is 6.35. The lowest BCUT2D eigenvalue weighted by Gasteiger charge is -2.26. The van der Waals surface area contributed by atoms with Gasteiger partial charge in [-0.1, -0.05) is 61.7 Å². The predicted molar refractivity (Wildman–Crippen MR) is 121 cm³/mol. The van der Waals surface area contributed by atoms with Gasteiger partial charge in [-0.05, 0) is 42.7 Å². The van der Waals surface area contributed by atoms with Crippen LogP contribution in [0.1, 0.15) is 50.5 Å². The summed E-state index contributed by atoms with van der Waals surface area (Å²) in [5.74, 6) is 0.965. The molecule has 1 heterocycles. The van der Waals surface area contributed by atoms with Crippen LogP contribution in [0.5, 0.6) is 0 Å². The van der Waals surface area contributed by atoms with Crippen molar-refractivity contribution in [2.24, 2.45) is 0 Å². The number of likely N-dealkylation sites (N-methyl/N-ethyl adjacent to an activating group) is 1. The minimum atomic E-state index is -0.287. The summed E-state index contributed by atoms with van der Waals surface area (Å²) in [6.07, 6.45) is 3.13. The minimum absolute atomic E-state index is 0.125. The van der Waals surface area contributed by atoms with E-state index in [1.54, 1.807) is 6.07 Å². The van der Waals surface area contributed by atoms with Crippen LogP contribution in [0.25, 0.3) is 11.0 Å². The number of carbonyl (C=O) groups excluding carboxylic acids is 1. The number of nitrogens with zero attached hydrogens (tertiary/aromatic N) is 3. The number of imidazole rings is 1. The van der Waals surface area contributed by atoms with Crippen molar-refractivity contribution in [1.29, 1.82) is 0 Å². The van der Waals surface area contributed by atoms with Crippen molar-refractivity contribution in [1.82, 2.24) is 14.5 Å². The second-order valence-corrected chi connectivity index (χ2v) is 8.21. The second-order valence-electron chi connectivity index (χ2n) is 7.36. The number of fused-ring (bicyclic) bond motifs is 1. The predicted octanol–water partition coefficient (Wildman–Crippen LogP) is 6.14. The van der Waals surface area contributed by atoms with Crippen molar-refractivity contribution in [2.75, 3.05) is 13.6 Å². The van der Waals surface area contributed by atoms with Crippen molar-refractivity contribution >= 4 is 40.1 Å². The van der Waals surface area contributed by atoms with Crippen LogP contribution in [0.15, 0.2) is 42.5 Å². The van der Waals surface area contributed by atoms with Crippen molar-refractivity contribution in [3.63, 3.8) is 0 Å². The van der Waals surface area contributed by atoms with Gasteiger partial charge in [0.25, 0.3) is 0 Å². The zero-order chi connectivity index (χ0) is 21.0. The molecule has 0 saturated heterocycles. The molecule has 0 saturated carbocycles. The Kier molecular flexibility index (Phi) is 7.20. The topological polar surface area (TPSA) is 38.1 Å². The van der Waals surface area contributed by atoms with Gasteiger partial charge in [0.05, 0.1) is 11.0 Å². The number of amides is 1. The lowest BCUT2D eigenvalue weighted by atomic mass is 10.1. The first kappa shape index (κ1) is 21.7. The molecule has 0 aliphatic rings. The van der Waals surface area contributed by atoms with Crippen LogP contribution in [0, 0.1) is 0 Å². The third kappa shape index (κ3) is 4.76. The van der Waals surface area contributed by atoms with E-state index in [9.17, 15) is 4.79 Å². The summed E-state index contributed by atoms with van der Waals surface area (Å²) in [7, 11) is 1.88. The Hall–Kier alpha value is -2.04. The third-order valence-electron chi connectivity index (χ3n) is 5.13. The molecule has 0 unspecified atom stereocenters. The average molecular weight is 432 g/mol. The molecule has 0 fully saturated rings. The zero-order valence-electron chi connectivity index (χ0n) is 17.2. The lowest BCUT2D eigenvalue weighted by molar-refractivity contribution is -0.133. The Labute approximate surface area is 182 Å². The van der Waals surface area contributed by atoms with Crippen molar-refractivity contribution in [2.45, 2.75) is 45.6 Å². The standard InChI is InChI=1S/C23H27Cl2N3O/c1-4-8-21(23(29)27(3)13-5-2)28-20-10-7-6-9-19(20)26-22(28)14-16-11-12-17(24)15-18(16)25/h6-7,9-12,15,21H,4-5,8,13-14H2,1-3H3/t21-/m0/s1. The van der Waals surface area contributed by atoms with E-state index in [4.69, 9.17) is 28.2 Å². The number of hydrogen-bond acceptors (Lipinski definition) is 2. The molecule has 0 aliphatic heterocycles. The SMILES string of the molecule is CCC[C@@H](C(=O)N(C)CCC)n1c(Cc2ccc(Cl)cc2Cl)nc2ccccc21. The number of para-hydroxylation sites is 2. The summed E-state index contributed by atoms with van der Waals surface area (Å²) in [4.78, 5) is 20.0. The molecule has 6 heteroatoms. The Morgan fingerprint density at radius 3 is 2.59 bits per heavy atom. The van der Waals surface area contributed by atoms with Gasteiger partial charge < -0.3 is 9.47 Å². The quantitative estimate of drug-likeness (QED) is 0.429. The van der Waals surface area contributed by atoms with Crippen LogP contribution in [-0.2, 0) is 11.2 Å². The fraction of sp³-hybridized carbons (Fsp3) is 0.391. The molecule has 3 aromatic rings. The van der Waals surface area contributed by atoms with E-state index in [2.05, 4.69) is 18.4 Å². The van der Waals surface area contributed by atoms with Crippen LogP contribution < -0.4 is 0 Å². The normalized spacial score (nSPS) is 12.3. The number of benzene rings is 2. The fourth-order valence-corrected chi connectivity index (χ4v) is 4.21. The molecule has 3 rings (SSSR count). The van der Waals surface area contributed by atoms with E-state index < -0.39 is 0 Å². The average Bonchev–Trinajstić information content (AvgIpc) is 3.05. The molecular weight excluding hydrogens is 405 g/mol. The summed E-state index contributed by atoms with van der Waals surface area (Å²) in [6, 6.07) is 13.2. The largest absolute Gasteiger partial charge is 0.344 e. The highest BCUT2D eigenvalue weighted by Crippen LogP contribution is 2.29. The Balaban J connectivity index is 2.10. The van der Waals surface area contributed by atoms with Crippen molar-refractivity contribution in [3.8, 4) is 0 Å². The van der Waals surface area contributed by atoms with Crippen LogP contribution in [0.4, 0.5) is 0 Å². The molecule has 1 atom stereocenters. The number of carbonyl (C=O) groups is 1. The summed E-state index contributed by atoms with van der Waals surface area (Å²) in [5, 5.41) is 1.21. The maximum atomic E-state index is 13.3. The first-order chi connectivity index (χ1) is 14.0. The maximum Gasteiger partial charge on any atom is 0.245 e. The number of aromatic nitrogens is 2. The molecule has 0 aliphatic carbocycles. The summed E-state index contributed by atoms with van der Waals surface area (Å²) in [5.41, 5.74) is 2.81. The van der Waals surface area contributed by atoms with Crippen molar-refractivity contribution < 1.29 is 4.79 Å². The highest BCUT2D eigenvalue weighted by atomic mass is 35.5. The van der Waals surface area contributed by atoms with Crippen LogP contribution in [0.3, 0.4) is 0 Å². The molecule has 2 aromatic carbocycles. The van der Waals surface area contributed by atoms with Gasteiger partial charge in [-0.15, -0.1) is 0 Å². The van der Waals surface area contributed by atoms with E-state index in [1.807, 2.05) is 48.3 Å². The van der Waals surface area contributed by atoms with Gasteiger partial charge >= 0.3 is 0 Å². The molecule has 0 N–H and O–H groups in total. The molecule has 4 nitrogen and oxygen atoms in total. The number of halogens is 2. The van der Waals surface area contributed by atoms with Crippen LogP contribution in [-0.4, -0.2) is 34.0 Å². The van der Waals surface area contributed by atoms with E-state index in [0.717, 1.165) is 48.2 Å². The van der Waals surface area contributed by atoms with E-state index in [0.29, 0.717) is 16.5 Å². The Morgan fingerprint density at radius 2 is 1.90 bits per heavy atom. The van der Waals surface area contributed by atoms with Gasteiger partial charge in [0.2, 0.25) is 5.91 Å². The van der Waals surface area contributed by atoms with Gasteiger partial charge in [-0.3, -0.25) is 4.79 Å². The van der Waals surface area contributed by atoms with Crippen molar-refractivity contribution in [3.05, 3.63) is 63.9 Å². The molecule has 0 spiro atoms. The molecular formula is C23H27Cl2N3O. The van der Waals surface area contributed by atoms with Gasteiger partial charge in [0, 0.05) is 30.1 Å². The van der Waals surface area contributed by atoms with E-state index >= 15 is 0 Å². The molecule has 1 amide bonds. The van der Waals surface area contributed by atoms with E-state index in [1.165, 1.54) is 0 Å². The van der Waals surface area contributed by atoms with Gasteiger partial charge in [-0.2, -0.15) is 0 Å². The molecule has 1 aromatic heterocycles. The highest BCUT2D eigenvalue weighted by Gasteiger charge is 2.27. The fourth-order valence-electron chi connectivity index (χ4n) is 3.74. The Morgan fingerprint density at radius 1 is 1.14 bits per heavy atom. The summed E-state index contributed by atoms with van der Waals surface area (Å²) < 4.78 is 2.11. The number of hydrogen-bond donors (Lipinski definition) is 0. The first-order valence-corrected chi connectivity index (χ1v) is 10.9. The lowest BCUT2D eigenvalue weighted by Crippen LogP contribution is -2.35. The number of rotatable bonds is 8. The monoisotopic (exact) mass is 431 g/mol. The zero-order valence-corrected chi connectivity index (χ0v) is 18.7. The molecule has 0 radical (unpaired) electrons. The molecule has 29 heavy (non-hydrogen) atoms. The van der Waals surface area contributed by atoms with Crippen LogP contribution >= 0.6 is 23.2 Å². The Bertz CT molecular complexity index is 999. The molecule has 154 valence electrons. The van der Waals surface area contributed by atoms with E-state index in [-0.39, 0.29) is 11.9 Å². The van der Waals surface area contributed by atoms with Gasteiger partial charge in [0.15, 0.2) is 0 Å². The summed E-state index contributed by atoms with van der Waals surface area (Å²) in [6.45, 7) is 4.93. The van der Waals surface area contributed by atoms with Gasteiger partial charge in [0.1, 0.15) is 11.9 Å². The second kappa shape index (κ2) is 9.64. The third-order valence-corrected chi connectivity index (χ3v) is 5.71. The van der Waals surface area contributed by atoms with Gasteiger partial charge in [-0.25, -0.2) is 4.98 Å². The minimum Gasteiger partial charge on any atom is -0.344 e. The van der Waals surface area contributed by atoms with Crippen LogP contribution in [0.2, 0.25) is 10.0 Å². The summed E-state index contributed by atoms with van der Waals surface area (Å²) >= 11 is 12.5. The smallest absolute Gasteiger partial charge is 0.245 e. The maximum absolute atomic E-state index is 13.3.